The Hall–Kier alpha value is -1.11. The van der Waals surface area contributed by atoms with Crippen LogP contribution in [0.4, 0.5) is 18.9 Å². The summed E-state index contributed by atoms with van der Waals surface area (Å²) in [6.45, 7) is 2.73. The number of pyridine rings is 1. The van der Waals surface area contributed by atoms with Crippen molar-refractivity contribution in [3.8, 4) is 0 Å². The highest BCUT2D eigenvalue weighted by Gasteiger charge is 2.33. The summed E-state index contributed by atoms with van der Waals surface area (Å²) < 4.78 is 37.1. The molecule has 1 aromatic heterocycles. The molecule has 0 aromatic carbocycles. The predicted octanol–water partition coefficient (Wildman–Crippen LogP) is 3.13. The Kier molecular flexibility index (Phi) is 3.57. The van der Waals surface area contributed by atoms with E-state index in [9.17, 15) is 18.0 Å². The summed E-state index contributed by atoms with van der Waals surface area (Å²) in [6, 6.07) is 0.885. The number of amides is 1. The normalized spacial score (nSPS) is 11.4. The van der Waals surface area contributed by atoms with Gasteiger partial charge in [-0.05, 0) is 34.5 Å². The number of aromatic nitrogens is 1. The predicted molar refractivity (Wildman–Crippen MR) is 56.0 cm³/mol. The lowest BCUT2D eigenvalue weighted by molar-refractivity contribution is -0.141. The molecule has 1 rings (SSSR count). The maximum Gasteiger partial charge on any atom is 0.433 e. The van der Waals surface area contributed by atoms with Crippen molar-refractivity contribution in [2.24, 2.45) is 0 Å². The summed E-state index contributed by atoms with van der Waals surface area (Å²) in [6.07, 6.45) is -4.50. The number of halogens is 4. The summed E-state index contributed by atoms with van der Waals surface area (Å²) in [4.78, 5) is 14.2. The van der Waals surface area contributed by atoms with Crippen LogP contribution >= 0.6 is 15.9 Å². The van der Waals surface area contributed by atoms with Crippen molar-refractivity contribution < 1.29 is 18.0 Å². The van der Waals surface area contributed by atoms with Gasteiger partial charge in [-0.1, -0.05) is 0 Å². The lowest BCUT2D eigenvalue weighted by atomic mass is 10.2. The molecule has 0 saturated heterocycles. The highest BCUT2D eigenvalue weighted by Crippen LogP contribution is 2.33. The van der Waals surface area contributed by atoms with Crippen LogP contribution in [0.15, 0.2) is 10.7 Å². The van der Waals surface area contributed by atoms with E-state index in [-0.39, 0.29) is 16.2 Å². The van der Waals surface area contributed by atoms with E-state index in [0.29, 0.717) is 5.56 Å². The molecular weight excluding hydrogens is 289 g/mol. The first-order valence-electron chi connectivity index (χ1n) is 4.23. The molecule has 0 radical (unpaired) electrons. The number of hydrogen-bond acceptors (Lipinski definition) is 2. The zero-order valence-electron chi connectivity index (χ0n) is 8.44. The van der Waals surface area contributed by atoms with Gasteiger partial charge in [-0.2, -0.15) is 13.2 Å². The van der Waals surface area contributed by atoms with Gasteiger partial charge in [0, 0.05) is 6.92 Å². The van der Waals surface area contributed by atoms with E-state index in [1.54, 1.807) is 0 Å². The smallest absolute Gasteiger partial charge is 0.324 e. The van der Waals surface area contributed by atoms with Crippen LogP contribution in [0.5, 0.6) is 0 Å². The lowest BCUT2D eigenvalue weighted by Gasteiger charge is -2.12. The molecule has 0 aliphatic rings. The Morgan fingerprint density at radius 1 is 1.50 bits per heavy atom. The third-order valence-electron chi connectivity index (χ3n) is 1.76. The summed E-state index contributed by atoms with van der Waals surface area (Å²) in [7, 11) is 0. The highest BCUT2D eigenvalue weighted by molar-refractivity contribution is 9.10. The maximum absolute atomic E-state index is 12.4. The van der Waals surface area contributed by atoms with Gasteiger partial charge < -0.3 is 5.32 Å². The molecule has 0 spiro atoms. The van der Waals surface area contributed by atoms with Gasteiger partial charge in [0.1, 0.15) is 10.3 Å². The Labute approximate surface area is 98.2 Å². The molecule has 0 atom stereocenters. The van der Waals surface area contributed by atoms with E-state index in [1.807, 2.05) is 0 Å². The molecule has 1 heterocycles. The van der Waals surface area contributed by atoms with Gasteiger partial charge in [-0.3, -0.25) is 4.79 Å². The Bertz CT molecular complexity index is 408. The number of rotatable bonds is 1. The van der Waals surface area contributed by atoms with Crippen molar-refractivity contribution in [2.45, 2.75) is 20.0 Å². The average molecular weight is 297 g/mol. The first-order valence-corrected chi connectivity index (χ1v) is 5.03. The molecule has 1 amide bonds. The largest absolute Gasteiger partial charge is 0.433 e. The van der Waals surface area contributed by atoms with E-state index in [4.69, 9.17) is 0 Å². The third-order valence-corrected chi connectivity index (χ3v) is 2.34. The highest BCUT2D eigenvalue weighted by atomic mass is 79.9. The van der Waals surface area contributed by atoms with Gasteiger partial charge in [-0.15, -0.1) is 0 Å². The van der Waals surface area contributed by atoms with E-state index < -0.39 is 11.9 Å². The molecule has 0 bridgehead atoms. The van der Waals surface area contributed by atoms with Crippen LogP contribution < -0.4 is 5.32 Å². The van der Waals surface area contributed by atoms with Crippen LogP contribution in [-0.2, 0) is 11.0 Å². The van der Waals surface area contributed by atoms with Gasteiger partial charge in [0.15, 0.2) is 0 Å². The fourth-order valence-electron chi connectivity index (χ4n) is 1.11. The number of nitrogens with one attached hydrogen (secondary N) is 1. The molecule has 0 saturated carbocycles. The Morgan fingerprint density at radius 3 is 2.44 bits per heavy atom. The van der Waals surface area contributed by atoms with Crippen molar-refractivity contribution in [3.63, 3.8) is 0 Å². The molecule has 0 unspecified atom stereocenters. The third kappa shape index (κ3) is 2.94. The molecule has 0 aliphatic carbocycles. The molecular formula is C9H8BrF3N2O. The van der Waals surface area contributed by atoms with E-state index >= 15 is 0 Å². The summed E-state index contributed by atoms with van der Waals surface area (Å²) >= 11 is 2.89. The molecule has 7 heteroatoms. The van der Waals surface area contributed by atoms with Crippen molar-refractivity contribution in [1.29, 1.82) is 0 Å². The van der Waals surface area contributed by atoms with Gasteiger partial charge >= 0.3 is 6.18 Å². The molecule has 0 fully saturated rings. The zero-order valence-corrected chi connectivity index (χ0v) is 10.0. The van der Waals surface area contributed by atoms with Gasteiger partial charge in [0.25, 0.3) is 0 Å². The first-order chi connectivity index (χ1) is 7.21. The fourth-order valence-corrected chi connectivity index (χ4v) is 1.71. The molecule has 1 aromatic rings. The number of nitrogens with zero attached hydrogens (tertiary/aromatic N) is 1. The van der Waals surface area contributed by atoms with Gasteiger partial charge in [-0.25, -0.2) is 4.98 Å². The summed E-state index contributed by atoms with van der Waals surface area (Å²) in [5.41, 5.74) is -0.448. The fraction of sp³-hybridized carbons (Fsp3) is 0.333. The van der Waals surface area contributed by atoms with Gasteiger partial charge in [0.05, 0.1) is 5.69 Å². The molecule has 88 valence electrons. The number of anilines is 1. The Morgan fingerprint density at radius 2 is 2.06 bits per heavy atom. The summed E-state index contributed by atoms with van der Waals surface area (Å²) in [5.74, 6) is -0.370. The number of hydrogen-bond donors (Lipinski definition) is 1. The van der Waals surface area contributed by atoms with E-state index in [1.165, 1.54) is 13.8 Å². The zero-order chi connectivity index (χ0) is 12.5. The second-order valence-electron chi connectivity index (χ2n) is 3.17. The van der Waals surface area contributed by atoms with Crippen LogP contribution in [0.3, 0.4) is 0 Å². The quantitative estimate of drug-likeness (QED) is 0.809. The molecule has 0 aliphatic heterocycles. The van der Waals surface area contributed by atoms with Crippen molar-refractivity contribution in [2.75, 3.05) is 5.32 Å². The van der Waals surface area contributed by atoms with E-state index in [2.05, 4.69) is 26.2 Å². The van der Waals surface area contributed by atoms with Crippen LogP contribution in [0.1, 0.15) is 18.2 Å². The minimum absolute atomic E-state index is 0.0324. The SMILES string of the molecule is CC(=O)Nc1c(C)cc(C(F)(F)F)nc1Br. The maximum atomic E-state index is 12.4. The van der Waals surface area contributed by atoms with Crippen molar-refractivity contribution >= 4 is 27.5 Å². The average Bonchev–Trinajstić information content (AvgIpc) is 2.09. The monoisotopic (exact) mass is 296 g/mol. The lowest BCUT2D eigenvalue weighted by Crippen LogP contribution is -2.13. The molecule has 16 heavy (non-hydrogen) atoms. The van der Waals surface area contributed by atoms with Crippen LogP contribution in [-0.4, -0.2) is 10.9 Å². The number of alkyl halides is 3. The van der Waals surface area contributed by atoms with Crippen molar-refractivity contribution in [3.05, 3.63) is 21.9 Å². The first kappa shape index (κ1) is 13.0. The van der Waals surface area contributed by atoms with Gasteiger partial charge in [0.2, 0.25) is 5.91 Å². The van der Waals surface area contributed by atoms with Crippen LogP contribution in [0, 0.1) is 6.92 Å². The topological polar surface area (TPSA) is 42.0 Å². The second-order valence-corrected chi connectivity index (χ2v) is 3.92. The molecule has 1 N–H and O–H groups in total. The van der Waals surface area contributed by atoms with E-state index in [0.717, 1.165) is 6.07 Å². The van der Waals surface area contributed by atoms with Crippen molar-refractivity contribution in [1.82, 2.24) is 4.98 Å². The second kappa shape index (κ2) is 4.40. The number of aryl methyl sites for hydroxylation is 1. The van der Waals surface area contributed by atoms with Crippen LogP contribution in [0.2, 0.25) is 0 Å². The summed E-state index contributed by atoms with van der Waals surface area (Å²) in [5, 5.41) is 2.40. The number of carbonyl (C=O) groups excluding carboxylic acids is 1. The minimum Gasteiger partial charge on any atom is -0.324 e. The standard InChI is InChI=1S/C9H8BrF3N2O/c1-4-3-6(9(11,12)13)15-8(10)7(4)14-5(2)16/h3H,1-2H3,(H,14,16). The molecule has 3 nitrogen and oxygen atoms in total. The van der Waals surface area contributed by atoms with Crippen LogP contribution in [0.25, 0.3) is 0 Å². The minimum atomic E-state index is -4.50. The number of carbonyl (C=O) groups is 1. The Balaban J connectivity index is 3.23.